The molecular weight excluding hydrogens is 492 g/mol. The first-order valence-corrected chi connectivity index (χ1v) is 12.2. The monoisotopic (exact) mass is 511 g/mol. The molecule has 2 heterocycles. The van der Waals surface area contributed by atoms with Gasteiger partial charge in [-0.2, -0.15) is 8.42 Å². The topological polar surface area (TPSA) is 222 Å². The number of nitrogens with zero attached hydrogens (tertiary/aromatic N) is 2. The number of imide groups is 2. The highest BCUT2D eigenvalue weighted by molar-refractivity contribution is 7.87. The van der Waals surface area contributed by atoms with E-state index in [-0.39, 0.29) is 35.8 Å². The number of hydrogen-bond donors (Lipinski definition) is 1. The van der Waals surface area contributed by atoms with Gasteiger partial charge in [0.2, 0.25) is 0 Å². The van der Waals surface area contributed by atoms with Crippen LogP contribution in [0.3, 0.4) is 0 Å². The van der Waals surface area contributed by atoms with Gasteiger partial charge in [-0.05, 0) is 23.9 Å². The Bertz CT molecular complexity index is 992. The smallest absolute Gasteiger partial charge is 0.333 e. The number of amides is 4. The van der Waals surface area contributed by atoms with Crippen molar-refractivity contribution in [2.24, 2.45) is 0 Å². The van der Waals surface area contributed by atoms with Crippen LogP contribution < -0.4 is 0 Å². The third-order valence-electron chi connectivity index (χ3n) is 4.61. The summed E-state index contributed by atoms with van der Waals surface area (Å²) in [5.41, 5.74) is 0. The number of unbranched alkanes of at least 4 members (excludes halogenated alkanes) is 3. The van der Waals surface area contributed by atoms with Crippen LogP contribution in [0, 0.1) is 0 Å². The van der Waals surface area contributed by atoms with Crippen LogP contribution in [0.2, 0.25) is 0 Å². The Balaban J connectivity index is 1.63. The molecule has 2 aliphatic rings. The quantitative estimate of drug-likeness (QED) is 0.141. The highest BCUT2D eigenvalue weighted by Gasteiger charge is 2.48. The second kappa shape index (κ2) is 10.9. The van der Waals surface area contributed by atoms with Gasteiger partial charge in [-0.15, -0.1) is 10.1 Å². The summed E-state index contributed by atoms with van der Waals surface area (Å²) >= 11 is -2.82. The Morgan fingerprint density at radius 3 is 1.76 bits per heavy atom. The fraction of sp³-hybridized carbons (Fsp3) is 0.625. The van der Waals surface area contributed by atoms with E-state index in [0.717, 1.165) is 0 Å². The summed E-state index contributed by atoms with van der Waals surface area (Å²) in [4.78, 5) is 79.3. The summed E-state index contributed by atoms with van der Waals surface area (Å²) in [5, 5.41) is -3.47. The molecule has 2 saturated heterocycles. The van der Waals surface area contributed by atoms with Crippen molar-refractivity contribution < 1.29 is 60.2 Å². The lowest BCUT2D eigenvalue weighted by atomic mass is 10.1. The molecule has 4 amide bonds. The van der Waals surface area contributed by atoms with Crippen molar-refractivity contribution in [1.82, 2.24) is 10.1 Å². The maximum absolute atomic E-state index is 11.8. The lowest BCUT2D eigenvalue weighted by molar-refractivity contribution is -0.197. The van der Waals surface area contributed by atoms with Crippen molar-refractivity contribution in [1.29, 1.82) is 0 Å². The zero-order valence-corrected chi connectivity index (χ0v) is 18.5. The summed E-state index contributed by atoms with van der Waals surface area (Å²) in [6.45, 7) is 0. The summed E-state index contributed by atoms with van der Waals surface area (Å²) in [6.07, 6.45) is -0.593. The molecule has 0 aromatic carbocycles. The maximum atomic E-state index is 11.8. The van der Waals surface area contributed by atoms with E-state index in [1.165, 1.54) is 0 Å². The summed E-state index contributed by atoms with van der Waals surface area (Å²) in [7, 11) is -4.82. The van der Waals surface area contributed by atoms with E-state index in [4.69, 9.17) is 4.55 Å². The molecule has 0 radical (unpaired) electrons. The van der Waals surface area contributed by atoms with E-state index in [1.807, 2.05) is 0 Å². The van der Waals surface area contributed by atoms with Gasteiger partial charge in [-0.25, -0.2) is 9.59 Å². The second-order valence-corrected chi connectivity index (χ2v) is 9.74. The zero-order chi connectivity index (χ0) is 24.9. The second-order valence-electron chi connectivity index (χ2n) is 7.05. The molecule has 0 aromatic rings. The molecule has 2 fully saturated rings. The minimum absolute atomic E-state index is 0.00464. The van der Waals surface area contributed by atoms with Gasteiger partial charge in [0, 0.05) is 12.8 Å². The summed E-state index contributed by atoms with van der Waals surface area (Å²) < 4.78 is 52.7. The molecule has 1 N–H and O–H groups in total. The molecule has 184 valence electrons. The first-order chi connectivity index (χ1) is 15.3. The van der Waals surface area contributed by atoms with Crippen LogP contribution in [-0.2, 0) is 59.6 Å². The molecule has 2 aliphatic heterocycles. The van der Waals surface area contributed by atoms with Gasteiger partial charge in [0.05, 0.1) is 12.8 Å². The van der Waals surface area contributed by atoms with Crippen molar-refractivity contribution in [2.45, 2.75) is 61.9 Å². The number of carbonyl (C=O) groups excluding carboxylic acids is 6. The molecule has 0 spiro atoms. The van der Waals surface area contributed by atoms with Crippen LogP contribution in [0.5, 0.6) is 0 Å². The molecule has 0 saturated carbocycles. The molecular formula is C16H19N2O13S2-. The van der Waals surface area contributed by atoms with Crippen LogP contribution in [0.15, 0.2) is 0 Å². The van der Waals surface area contributed by atoms with Crippen LogP contribution in [0.25, 0.3) is 0 Å². The molecule has 0 bridgehead atoms. The van der Waals surface area contributed by atoms with Crippen LogP contribution in [0.4, 0.5) is 0 Å². The normalized spacial score (nSPS) is 22.1. The molecule has 15 nitrogen and oxygen atoms in total. The van der Waals surface area contributed by atoms with Crippen molar-refractivity contribution in [3.05, 3.63) is 0 Å². The van der Waals surface area contributed by atoms with E-state index in [9.17, 15) is 45.9 Å². The van der Waals surface area contributed by atoms with Crippen LogP contribution in [-0.4, -0.2) is 77.9 Å². The predicted molar refractivity (Wildman–Crippen MR) is 101 cm³/mol. The maximum Gasteiger partial charge on any atom is 0.333 e. The molecule has 0 aromatic heterocycles. The van der Waals surface area contributed by atoms with Gasteiger partial charge in [-0.3, -0.25) is 27.9 Å². The summed E-state index contributed by atoms with van der Waals surface area (Å²) in [6, 6.07) is 0. The van der Waals surface area contributed by atoms with Crippen LogP contribution in [0.1, 0.15) is 51.4 Å². The van der Waals surface area contributed by atoms with Crippen molar-refractivity contribution in [2.75, 3.05) is 0 Å². The van der Waals surface area contributed by atoms with Gasteiger partial charge >= 0.3 is 11.9 Å². The number of hydroxylamine groups is 4. The fourth-order valence-electron chi connectivity index (χ4n) is 2.93. The summed E-state index contributed by atoms with van der Waals surface area (Å²) in [5.74, 6) is -6.44. The standard InChI is InChI=1S/C16H20N2O13S2/c19-11-7-9(32(25)26)15(23)17(11)30-13(21)5-3-1-2-4-6-14(22)31-18-12(20)8-10(16(18)24)33(27,28)29/h9-10H,1-8H2,(H,25,26)(H,27,28,29)/p-1. The Morgan fingerprint density at radius 1 is 0.909 bits per heavy atom. The first-order valence-electron chi connectivity index (χ1n) is 9.52. The lowest BCUT2D eigenvalue weighted by Gasteiger charge is -2.14. The Hall–Kier alpha value is -2.76. The van der Waals surface area contributed by atoms with Gasteiger partial charge in [0.25, 0.3) is 33.7 Å². The average molecular weight is 511 g/mol. The van der Waals surface area contributed by atoms with E-state index in [2.05, 4.69) is 9.68 Å². The Morgan fingerprint density at radius 2 is 1.36 bits per heavy atom. The zero-order valence-electron chi connectivity index (χ0n) is 16.9. The van der Waals surface area contributed by atoms with Gasteiger partial charge in [0.1, 0.15) is 5.25 Å². The van der Waals surface area contributed by atoms with Crippen molar-refractivity contribution in [3.8, 4) is 0 Å². The highest BCUT2D eigenvalue weighted by atomic mass is 32.2. The van der Waals surface area contributed by atoms with E-state index in [1.54, 1.807) is 0 Å². The number of carbonyl (C=O) groups is 6. The van der Waals surface area contributed by atoms with Gasteiger partial charge < -0.3 is 14.2 Å². The molecule has 0 aliphatic carbocycles. The minimum Gasteiger partial charge on any atom is -0.772 e. The van der Waals surface area contributed by atoms with Crippen LogP contribution >= 0.6 is 0 Å². The molecule has 33 heavy (non-hydrogen) atoms. The Kier molecular flexibility index (Phi) is 8.76. The molecule has 3 unspecified atom stereocenters. The van der Waals surface area contributed by atoms with Gasteiger partial charge in [-0.1, -0.05) is 12.8 Å². The molecule has 2 rings (SSSR count). The third kappa shape index (κ3) is 6.86. The Labute approximate surface area is 189 Å². The van der Waals surface area contributed by atoms with Gasteiger partial charge in [0.15, 0.2) is 5.25 Å². The highest BCUT2D eigenvalue weighted by Crippen LogP contribution is 2.21. The van der Waals surface area contributed by atoms with E-state index < -0.39 is 80.1 Å². The van der Waals surface area contributed by atoms with Crippen molar-refractivity contribution >= 4 is 56.8 Å². The SMILES string of the molecule is O=C(CCCCCCC(=O)ON1C(=O)CC(S(=O)(=O)O)C1=O)ON1C(=O)CC(S(=O)[O-])C1=O. The largest absolute Gasteiger partial charge is 0.772 e. The first kappa shape index (κ1) is 26.5. The number of hydrogen-bond acceptors (Lipinski definition) is 12. The van der Waals surface area contributed by atoms with E-state index >= 15 is 0 Å². The number of rotatable bonds is 11. The molecule has 3 atom stereocenters. The van der Waals surface area contributed by atoms with E-state index in [0.29, 0.717) is 12.8 Å². The predicted octanol–water partition coefficient (Wildman–Crippen LogP) is -1.73. The fourth-order valence-corrected chi connectivity index (χ4v) is 4.17. The third-order valence-corrected chi connectivity index (χ3v) is 6.53. The minimum atomic E-state index is -4.82. The molecule has 17 heteroatoms. The van der Waals surface area contributed by atoms with Crippen molar-refractivity contribution in [3.63, 3.8) is 0 Å². The lowest BCUT2D eigenvalue weighted by Crippen LogP contribution is -2.36. The average Bonchev–Trinajstić information content (AvgIpc) is 3.15.